The van der Waals surface area contributed by atoms with Gasteiger partial charge in [0.1, 0.15) is 6.54 Å². The van der Waals surface area contributed by atoms with Crippen molar-refractivity contribution in [2.75, 3.05) is 13.1 Å². The molecule has 2 aromatic heterocycles. The van der Waals surface area contributed by atoms with E-state index >= 15 is 0 Å². The van der Waals surface area contributed by atoms with Crippen LogP contribution < -0.4 is 5.56 Å². The average Bonchev–Trinajstić information content (AvgIpc) is 3.19. The fourth-order valence-corrected chi connectivity index (χ4v) is 3.87. The molecule has 7 nitrogen and oxygen atoms in total. The van der Waals surface area contributed by atoms with Crippen molar-refractivity contribution >= 4 is 16.7 Å². The zero-order valence-corrected chi connectivity index (χ0v) is 15.4. The summed E-state index contributed by atoms with van der Waals surface area (Å²) in [5, 5.41) is 5.80. The number of benzene rings is 1. The van der Waals surface area contributed by atoms with Gasteiger partial charge in [-0.2, -0.15) is 5.10 Å². The molecule has 27 heavy (non-hydrogen) atoms. The van der Waals surface area contributed by atoms with Gasteiger partial charge >= 0.3 is 0 Å². The van der Waals surface area contributed by atoms with Crippen molar-refractivity contribution in [3.63, 3.8) is 0 Å². The summed E-state index contributed by atoms with van der Waals surface area (Å²) >= 11 is 0. The number of nitrogens with zero attached hydrogens (tertiary/aromatic N) is 5. The molecular weight excluding hydrogens is 342 g/mol. The van der Waals surface area contributed by atoms with E-state index in [0.29, 0.717) is 17.8 Å². The van der Waals surface area contributed by atoms with Gasteiger partial charge in [-0.1, -0.05) is 18.2 Å². The largest absolute Gasteiger partial charge is 0.341 e. The van der Waals surface area contributed by atoms with Crippen LogP contribution in [-0.2, 0) is 17.9 Å². The smallest absolute Gasteiger partial charge is 0.275 e. The van der Waals surface area contributed by atoms with Crippen LogP contribution in [0.5, 0.6) is 0 Å². The quantitative estimate of drug-likeness (QED) is 0.707. The fourth-order valence-electron chi connectivity index (χ4n) is 3.87. The Labute approximate surface area is 157 Å². The van der Waals surface area contributed by atoms with Gasteiger partial charge in [0, 0.05) is 37.4 Å². The Balaban J connectivity index is 1.49. The number of aromatic nitrogens is 4. The van der Waals surface area contributed by atoms with E-state index in [-0.39, 0.29) is 18.0 Å². The topological polar surface area (TPSA) is 73.0 Å². The third-order valence-electron chi connectivity index (χ3n) is 5.24. The van der Waals surface area contributed by atoms with E-state index in [1.54, 1.807) is 12.3 Å². The highest BCUT2D eigenvalue weighted by atomic mass is 16.2. The van der Waals surface area contributed by atoms with Gasteiger partial charge in [0.25, 0.3) is 5.56 Å². The minimum Gasteiger partial charge on any atom is -0.341 e. The number of fused-ring (bicyclic) bond motifs is 1. The minimum atomic E-state index is -0.212. The average molecular weight is 365 g/mol. The molecule has 1 atom stereocenters. The van der Waals surface area contributed by atoms with Crippen LogP contribution in [-0.4, -0.2) is 43.2 Å². The Hall–Kier alpha value is -2.96. The van der Waals surface area contributed by atoms with Gasteiger partial charge in [0.15, 0.2) is 0 Å². The highest BCUT2D eigenvalue weighted by Crippen LogP contribution is 2.19. The number of carbonyl (C=O) groups is 1. The lowest BCUT2D eigenvalue weighted by Gasteiger charge is -2.33. The maximum atomic E-state index is 12.8. The number of imidazole rings is 1. The molecule has 3 heterocycles. The van der Waals surface area contributed by atoms with Crippen LogP contribution in [0.3, 0.4) is 0 Å². The van der Waals surface area contributed by atoms with Crippen molar-refractivity contribution in [2.45, 2.75) is 32.9 Å². The molecule has 0 saturated carbocycles. The molecule has 0 aliphatic carbocycles. The summed E-state index contributed by atoms with van der Waals surface area (Å²) < 4.78 is 3.36. The van der Waals surface area contributed by atoms with Crippen molar-refractivity contribution in [3.8, 4) is 0 Å². The summed E-state index contributed by atoms with van der Waals surface area (Å²) in [6.45, 7) is 4.16. The van der Waals surface area contributed by atoms with E-state index in [1.165, 1.54) is 4.68 Å². The van der Waals surface area contributed by atoms with Crippen LogP contribution in [0.4, 0.5) is 0 Å². The number of hydrogen-bond donors (Lipinski definition) is 0. The molecule has 1 amide bonds. The van der Waals surface area contributed by atoms with Crippen molar-refractivity contribution in [1.29, 1.82) is 0 Å². The monoisotopic (exact) mass is 365 g/mol. The molecule has 3 aromatic rings. The summed E-state index contributed by atoms with van der Waals surface area (Å²) in [6.07, 6.45) is 7.59. The van der Waals surface area contributed by atoms with E-state index in [9.17, 15) is 9.59 Å². The van der Waals surface area contributed by atoms with E-state index in [1.807, 2.05) is 42.5 Å². The molecular formula is C20H23N5O2. The van der Waals surface area contributed by atoms with Gasteiger partial charge < -0.3 is 9.47 Å². The van der Waals surface area contributed by atoms with Gasteiger partial charge in [-0.3, -0.25) is 9.59 Å². The summed E-state index contributed by atoms with van der Waals surface area (Å²) in [6, 6.07) is 7.40. The second-order valence-electron chi connectivity index (χ2n) is 7.20. The third-order valence-corrected chi connectivity index (χ3v) is 5.24. The molecule has 0 N–H and O–H groups in total. The van der Waals surface area contributed by atoms with Crippen LogP contribution in [0, 0.1) is 12.8 Å². The molecule has 1 fully saturated rings. The van der Waals surface area contributed by atoms with Gasteiger partial charge in [-0.25, -0.2) is 9.67 Å². The van der Waals surface area contributed by atoms with E-state index in [4.69, 9.17) is 0 Å². The summed E-state index contributed by atoms with van der Waals surface area (Å²) in [4.78, 5) is 31.5. The van der Waals surface area contributed by atoms with E-state index in [2.05, 4.69) is 14.6 Å². The molecule has 1 saturated heterocycles. The van der Waals surface area contributed by atoms with Crippen LogP contribution in [0.15, 0.2) is 47.8 Å². The van der Waals surface area contributed by atoms with Crippen molar-refractivity contribution in [2.24, 2.45) is 5.92 Å². The zero-order chi connectivity index (χ0) is 18.8. The Morgan fingerprint density at radius 3 is 2.85 bits per heavy atom. The van der Waals surface area contributed by atoms with Crippen LogP contribution in [0.2, 0.25) is 0 Å². The van der Waals surface area contributed by atoms with Crippen molar-refractivity contribution < 1.29 is 4.79 Å². The lowest BCUT2D eigenvalue weighted by Crippen LogP contribution is -2.44. The Morgan fingerprint density at radius 2 is 2.07 bits per heavy atom. The highest BCUT2D eigenvalue weighted by Gasteiger charge is 2.24. The number of rotatable bonds is 4. The third kappa shape index (κ3) is 3.63. The first-order valence-corrected chi connectivity index (χ1v) is 9.32. The molecule has 0 unspecified atom stereocenters. The van der Waals surface area contributed by atoms with Gasteiger partial charge in [-0.15, -0.1) is 0 Å². The van der Waals surface area contributed by atoms with Crippen LogP contribution >= 0.6 is 0 Å². The first kappa shape index (κ1) is 17.5. The van der Waals surface area contributed by atoms with Gasteiger partial charge in [-0.05, 0) is 31.7 Å². The van der Waals surface area contributed by atoms with Crippen LogP contribution in [0.25, 0.3) is 10.8 Å². The van der Waals surface area contributed by atoms with Crippen LogP contribution in [0.1, 0.15) is 18.5 Å². The Kier molecular flexibility index (Phi) is 4.75. The Bertz CT molecular complexity index is 1010. The second-order valence-corrected chi connectivity index (χ2v) is 7.20. The normalized spacial score (nSPS) is 17.4. The summed E-state index contributed by atoms with van der Waals surface area (Å²) in [5.41, 5.74) is 0.547. The minimum absolute atomic E-state index is 0.0116. The zero-order valence-electron chi connectivity index (χ0n) is 15.4. The number of amides is 1. The molecule has 1 aliphatic heterocycles. The number of piperidine rings is 1. The number of likely N-dealkylation sites (tertiary alicyclic amines) is 1. The first-order chi connectivity index (χ1) is 13.1. The molecule has 7 heteroatoms. The van der Waals surface area contributed by atoms with Gasteiger partial charge in [0.05, 0.1) is 17.4 Å². The van der Waals surface area contributed by atoms with Gasteiger partial charge in [0.2, 0.25) is 5.91 Å². The van der Waals surface area contributed by atoms with E-state index in [0.717, 1.165) is 37.0 Å². The maximum absolute atomic E-state index is 12.8. The van der Waals surface area contributed by atoms with Crippen molar-refractivity contribution in [3.05, 3.63) is 59.0 Å². The lowest BCUT2D eigenvalue weighted by molar-refractivity contribution is -0.134. The van der Waals surface area contributed by atoms with E-state index < -0.39 is 0 Å². The maximum Gasteiger partial charge on any atom is 0.275 e. The predicted molar refractivity (Wildman–Crippen MR) is 102 cm³/mol. The standard InChI is InChI=1S/C20H23N5O2/c1-15-17-6-2-3-7-18(17)20(27)25(22-15)13-19(26)24-9-4-5-16(12-24)11-23-10-8-21-14-23/h2-3,6-8,10,14,16H,4-5,9,11-13H2,1H3/t16-/m0/s1. The molecule has 0 bridgehead atoms. The molecule has 1 aliphatic rings. The molecule has 0 radical (unpaired) electrons. The first-order valence-electron chi connectivity index (χ1n) is 9.32. The summed E-state index contributed by atoms with van der Waals surface area (Å²) in [7, 11) is 0. The molecule has 4 rings (SSSR count). The number of carbonyl (C=O) groups excluding carboxylic acids is 1. The van der Waals surface area contributed by atoms with Crippen molar-refractivity contribution in [1.82, 2.24) is 24.2 Å². The Morgan fingerprint density at radius 1 is 1.26 bits per heavy atom. The molecule has 140 valence electrons. The predicted octanol–water partition coefficient (Wildman–Crippen LogP) is 1.84. The molecule has 1 aromatic carbocycles. The lowest BCUT2D eigenvalue weighted by atomic mass is 9.98. The number of hydrogen-bond acceptors (Lipinski definition) is 4. The SMILES string of the molecule is Cc1nn(CC(=O)N2CCC[C@@H](Cn3ccnc3)C2)c(=O)c2ccccc12. The highest BCUT2D eigenvalue weighted by molar-refractivity contribution is 5.83. The summed E-state index contributed by atoms with van der Waals surface area (Å²) in [5.74, 6) is 0.356. The molecule has 0 spiro atoms. The second kappa shape index (κ2) is 7.34. The number of aryl methyl sites for hydroxylation is 1. The fraction of sp³-hybridized carbons (Fsp3) is 0.400.